The van der Waals surface area contributed by atoms with E-state index in [1.165, 1.54) is 0 Å². The number of ether oxygens (including phenoxy) is 2. The first-order valence-corrected chi connectivity index (χ1v) is 13.3. The standard InChI is InChI=1S/C27H34N6O4/c1-17(20-13-18(35-3)15-32(20)2)36-23-14-22(33-12-11-28-16-33)29-26(30-23)24-19-7-6-10-27(25(19)37-31-24)9-5-4-8-21(27)34/h11-12,14,16-18,20H,4-10,13,15H2,1-3H3/t17-,18+,20-,27+/m0/s1. The van der Waals surface area contributed by atoms with Crippen LogP contribution < -0.4 is 4.74 Å². The van der Waals surface area contributed by atoms with Crippen LogP contribution in [0.5, 0.6) is 5.88 Å². The van der Waals surface area contributed by atoms with Crippen molar-refractivity contribution < 1.29 is 18.8 Å². The van der Waals surface area contributed by atoms with Gasteiger partial charge in [-0.2, -0.15) is 4.98 Å². The third-order valence-corrected chi connectivity index (χ3v) is 8.46. The second-order valence-corrected chi connectivity index (χ2v) is 10.7. The van der Waals surface area contributed by atoms with Gasteiger partial charge in [-0.05, 0) is 52.5 Å². The van der Waals surface area contributed by atoms with Crippen LogP contribution in [-0.2, 0) is 21.4 Å². The Morgan fingerprint density at radius 3 is 2.81 bits per heavy atom. The van der Waals surface area contributed by atoms with Crippen molar-refractivity contribution >= 4 is 5.78 Å². The summed E-state index contributed by atoms with van der Waals surface area (Å²) in [5.41, 5.74) is 1.02. The van der Waals surface area contributed by atoms with E-state index in [0.717, 1.165) is 62.8 Å². The number of carbonyl (C=O) groups excluding carboxylic acids is 1. The van der Waals surface area contributed by atoms with E-state index in [1.807, 2.05) is 16.8 Å². The van der Waals surface area contributed by atoms with Gasteiger partial charge in [0, 0.05) is 50.1 Å². The summed E-state index contributed by atoms with van der Waals surface area (Å²) >= 11 is 0. The second kappa shape index (κ2) is 9.64. The molecule has 4 atom stereocenters. The number of likely N-dealkylation sites (tertiary alicyclic amines) is 1. The van der Waals surface area contributed by atoms with Crippen molar-refractivity contribution in [1.29, 1.82) is 0 Å². The van der Waals surface area contributed by atoms with Crippen LogP contribution in [0.15, 0.2) is 29.3 Å². The van der Waals surface area contributed by atoms with Gasteiger partial charge in [-0.15, -0.1) is 0 Å². The SMILES string of the molecule is CO[C@@H]1C[C@@H]([C@H](C)Oc2cc(-n3ccnc3)nc(-c3noc4c3CCC[C@@]43CCCCC3=O)n2)N(C)C1. The molecule has 3 aliphatic rings. The van der Waals surface area contributed by atoms with E-state index in [9.17, 15) is 4.79 Å². The van der Waals surface area contributed by atoms with Gasteiger partial charge in [0.1, 0.15) is 24.0 Å². The fourth-order valence-electron chi connectivity index (χ4n) is 6.45. The Balaban J connectivity index is 1.37. The van der Waals surface area contributed by atoms with Crippen molar-refractivity contribution in [2.75, 3.05) is 20.7 Å². The Hall–Kier alpha value is -3.11. The van der Waals surface area contributed by atoms with Crippen LogP contribution in [-0.4, -0.2) is 74.3 Å². The maximum absolute atomic E-state index is 13.1. The van der Waals surface area contributed by atoms with E-state index in [2.05, 4.69) is 29.0 Å². The predicted molar refractivity (Wildman–Crippen MR) is 135 cm³/mol. The number of aromatic nitrogens is 5. The summed E-state index contributed by atoms with van der Waals surface area (Å²) in [6.45, 7) is 2.93. The zero-order valence-corrected chi connectivity index (χ0v) is 21.7. The number of rotatable bonds is 6. The van der Waals surface area contributed by atoms with Crippen LogP contribution in [0.25, 0.3) is 17.3 Å². The van der Waals surface area contributed by atoms with Crippen molar-refractivity contribution in [3.63, 3.8) is 0 Å². The first-order chi connectivity index (χ1) is 18.0. The lowest BCUT2D eigenvalue weighted by Crippen LogP contribution is -2.41. The van der Waals surface area contributed by atoms with Gasteiger partial charge in [-0.1, -0.05) is 11.6 Å². The molecule has 10 nitrogen and oxygen atoms in total. The minimum Gasteiger partial charge on any atom is -0.473 e. The fourth-order valence-corrected chi connectivity index (χ4v) is 6.45. The molecule has 3 aromatic heterocycles. The Kier molecular flexibility index (Phi) is 6.32. The predicted octanol–water partition coefficient (Wildman–Crippen LogP) is 3.52. The monoisotopic (exact) mass is 506 g/mol. The highest BCUT2D eigenvalue weighted by molar-refractivity contribution is 5.91. The maximum Gasteiger partial charge on any atom is 0.219 e. The smallest absolute Gasteiger partial charge is 0.219 e. The van der Waals surface area contributed by atoms with E-state index in [-0.39, 0.29) is 24.0 Å². The highest BCUT2D eigenvalue weighted by Crippen LogP contribution is 2.47. The Morgan fingerprint density at radius 2 is 2.05 bits per heavy atom. The van der Waals surface area contributed by atoms with Crippen LogP contribution in [0.4, 0.5) is 0 Å². The number of hydrogen-bond donors (Lipinski definition) is 0. The topological polar surface area (TPSA) is 108 Å². The molecule has 0 aromatic carbocycles. The molecule has 6 rings (SSSR count). The Labute approximate surface area is 216 Å². The molecule has 10 heteroatoms. The van der Waals surface area contributed by atoms with Crippen molar-refractivity contribution in [3.8, 4) is 23.2 Å². The third-order valence-electron chi connectivity index (χ3n) is 8.46. The molecule has 1 aliphatic heterocycles. The summed E-state index contributed by atoms with van der Waals surface area (Å²) in [7, 11) is 3.85. The molecule has 1 saturated carbocycles. The van der Waals surface area contributed by atoms with E-state index in [4.69, 9.17) is 24.0 Å². The zero-order valence-electron chi connectivity index (χ0n) is 21.7. The molecule has 3 aromatic rings. The summed E-state index contributed by atoms with van der Waals surface area (Å²) < 4.78 is 19.8. The minimum atomic E-state index is -0.544. The van der Waals surface area contributed by atoms with Crippen LogP contribution in [0, 0.1) is 0 Å². The number of carbonyl (C=O) groups is 1. The number of hydrogen-bond acceptors (Lipinski definition) is 9. The quantitative estimate of drug-likeness (QED) is 0.496. The highest BCUT2D eigenvalue weighted by atomic mass is 16.5. The number of likely N-dealkylation sites (N-methyl/N-ethyl adjacent to an activating group) is 1. The van der Waals surface area contributed by atoms with Gasteiger partial charge in [-0.3, -0.25) is 14.3 Å². The van der Waals surface area contributed by atoms with E-state index in [0.29, 0.717) is 29.6 Å². The molecule has 2 fully saturated rings. The Morgan fingerprint density at radius 1 is 1.19 bits per heavy atom. The first kappa shape index (κ1) is 24.2. The minimum absolute atomic E-state index is 0.113. The lowest BCUT2D eigenvalue weighted by Gasteiger charge is -2.36. The van der Waals surface area contributed by atoms with Crippen LogP contribution >= 0.6 is 0 Å². The van der Waals surface area contributed by atoms with Crippen LogP contribution in [0.1, 0.15) is 63.2 Å². The number of Topliss-reactive ketones (excluding diaryl/α,β-unsaturated/α-hetero) is 1. The van der Waals surface area contributed by atoms with Gasteiger partial charge in [0.25, 0.3) is 0 Å². The molecule has 0 radical (unpaired) electrons. The van der Waals surface area contributed by atoms with Gasteiger partial charge in [0.15, 0.2) is 17.3 Å². The van der Waals surface area contributed by atoms with Crippen LogP contribution in [0.2, 0.25) is 0 Å². The molecule has 2 aliphatic carbocycles. The summed E-state index contributed by atoms with van der Waals surface area (Å²) in [5.74, 6) is 2.54. The lowest BCUT2D eigenvalue weighted by molar-refractivity contribution is -0.128. The van der Waals surface area contributed by atoms with Crippen molar-refractivity contribution in [3.05, 3.63) is 36.1 Å². The fraction of sp³-hybridized carbons (Fsp3) is 0.593. The Bertz CT molecular complexity index is 1270. The number of fused-ring (bicyclic) bond motifs is 2. The molecular formula is C27H34N6O4. The molecule has 1 spiro atoms. The van der Waals surface area contributed by atoms with Crippen molar-refractivity contribution in [1.82, 2.24) is 29.6 Å². The zero-order chi connectivity index (χ0) is 25.6. The van der Waals surface area contributed by atoms with Gasteiger partial charge >= 0.3 is 0 Å². The average molecular weight is 507 g/mol. The van der Waals surface area contributed by atoms with Gasteiger partial charge in [-0.25, -0.2) is 9.97 Å². The van der Waals surface area contributed by atoms with Gasteiger partial charge < -0.3 is 14.0 Å². The van der Waals surface area contributed by atoms with Crippen molar-refractivity contribution in [2.24, 2.45) is 0 Å². The average Bonchev–Trinajstić information content (AvgIpc) is 3.66. The molecule has 4 heterocycles. The summed E-state index contributed by atoms with van der Waals surface area (Å²) in [6, 6.07) is 2.03. The number of nitrogens with zero attached hydrogens (tertiary/aromatic N) is 6. The molecule has 0 amide bonds. The lowest BCUT2D eigenvalue weighted by atomic mass is 9.64. The molecule has 0 N–H and O–H groups in total. The van der Waals surface area contributed by atoms with Crippen molar-refractivity contribution in [2.45, 2.75) is 82.0 Å². The maximum atomic E-state index is 13.1. The molecule has 0 bridgehead atoms. The second-order valence-electron chi connectivity index (χ2n) is 10.7. The normalized spacial score (nSPS) is 26.9. The molecule has 0 unspecified atom stereocenters. The molecule has 1 saturated heterocycles. The molecular weight excluding hydrogens is 472 g/mol. The summed E-state index contributed by atoms with van der Waals surface area (Å²) in [5, 5.41) is 4.45. The van der Waals surface area contributed by atoms with E-state index < -0.39 is 5.41 Å². The third kappa shape index (κ3) is 4.25. The first-order valence-electron chi connectivity index (χ1n) is 13.3. The number of methoxy groups -OCH3 is 1. The van der Waals surface area contributed by atoms with Gasteiger partial charge in [0.05, 0.1) is 11.5 Å². The highest BCUT2D eigenvalue weighted by Gasteiger charge is 2.48. The summed E-state index contributed by atoms with van der Waals surface area (Å²) in [6.07, 6.45) is 12.2. The molecule has 196 valence electrons. The number of imidazole rings is 1. The van der Waals surface area contributed by atoms with Gasteiger partial charge in [0.2, 0.25) is 5.88 Å². The summed E-state index contributed by atoms with van der Waals surface area (Å²) in [4.78, 5) is 29.2. The molecule has 37 heavy (non-hydrogen) atoms. The number of ketones is 1. The largest absolute Gasteiger partial charge is 0.473 e. The van der Waals surface area contributed by atoms with E-state index in [1.54, 1.807) is 19.6 Å². The van der Waals surface area contributed by atoms with E-state index >= 15 is 0 Å². The van der Waals surface area contributed by atoms with Crippen LogP contribution in [0.3, 0.4) is 0 Å².